The molecule has 0 N–H and O–H groups in total. The van der Waals surface area contributed by atoms with Crippen LogP contribution in [0.15, 0.2) is 0 Å². The topological polar surface area (TPSA) is 84.2 Å². The smallest absolute Gasteiger partial charge is 0.320 e. The van der Waals surface area contributed by atoms with Crippen molar-refractivity contribution in [1.29, 1.82) is 5.26 Å². The van der Waals surface area contributed by atoms with Crippen LogP contribution >= 0.6 is 0 Å². The molecule has 0 aromatic carbocycles. The number of rotatable bonds is 5. The van der Waals surface area contributed by atoms with Crippen LogP contribution in [0.1, 0.15) is 19.3 Å². The SMILES string of the molecule is COC(=O)CS(=O)(=O)CC1(CC#N)CC1. The van der Waals surface area contributed by atoms with E-state index in [9.17, 15) is 13.2 Å². The van der Waals surface area contributed by atoms with Crippen molar-refractivity contribution < 1.29 is 17.9 Å². The van der Waals surface area contributed by atoms with Crippen molar-refractivity contribution in [3.05, 3.63) is 0 Å². The van der Waals surface area contributed by atoms with Crippen molar-refractivity contribution >= 4 is 15.8 Å². The lowest BCUT2D eigenvalue weighted by Crippen LogP contribution is -2.24. The van der Waals surface area contributed by atoms with Crippen LogP contribution in [0.4, 0.5) is 0 Å². The number of esters is 1. The van der Waals surface area contributed by atoms with Gasteiger partial charge in [-0.2, -0.15) is 5.26 Å². The van der Waals surface area contributed by atoms with Gasteiger partial charge in [-0.25, -0.2) is 8.42 Å². The van der Waals surface area contributed by atoms with E-state index >= 15 is 0 Å². The maximum absolute atomic E-state index is 11.5. The molecule has 0 radical (unpaired) electrons. The minimum absolute atomic E-state index is 0.0807. The van der Waals surface area contributed by atoms with E-state index in [2.05, 4.69) is 4.74 Å². The minimum Gasteiger partial charge on any atom is -0.468 e. The van der Waals surface area contributed by atoms with Crippen LogP contribution in [-0.2, 0) is 19.4 Å². The molecule has 1 aliphatic carbocycles. The number of sulfone groups is 1. The zero-order valence-corrected chi connectivity index (χ0v) is 9.34. The van der Waals surface area contributed by atoms with Crippen molar-refractivity contribution in [2.75, 3.05) is 18.6 Å². The number of carbonyl (C=O) groups is 1. The lowest BCUT2D eigenvalue weighted by atomic mass is 10.1. The molecular weight excluding hydrogens is 218 g/mol. The monoisotopic (exact) mass is 231 g/mol. The quantitative estimate of drug-likeness (QED) is 0.634. The van der Waals surface area contributed by atoms with Gasteiger partial charge in [-0.3, -0.25) is 4.79 Å². The van der Waals surface area contributed by atoms with Crippen molar-refractivity contribution in [1.82, 2.24) is 0 Å². The zero-order chi connectivity index (χ0) is 11.5. The number of carbonyl (C=O) groups excluding carboxylic acids is 1. The van der Waals surface area contributed by atoms with Crippen molar-refractivity contribution in [2.24, 2.45) is 5.41 Å². The molecule has 0 saturated heterocycles. The molecule has 84 valence electrons. The molecule has 0 aromatic rings. The Labute approximate surface area is 88.9 Å². The molecule has 0 unspecified atom stereocenters. The molecule has 0 spiro atoms. The fraction of sp³-hybridized carbons (Fsp3) is 0.778. The van der Waals surface area contributed by atoms with Gasteiger partial charge in [-0.1, -0.05) is 0 Å². The predicted molar refractivity (Wildman–Crippen MR) is 52.6 cm³/mol. The van der Waals surface area contributed by atoms with Crippen LogP contribution < -0.4 is 0 Å². The Kier molecular flexibility index (Phi) is 3.35. The van der Waals surface area contributed by atoms with Crippen LogP contribution in [0, 0.1) is 16.7 Å². The van der Waals surface area contributed by atoms with Gasteiger partial charge in [0.1, 0.15) is 5.75 Å². The molecule has 0 heterocycles. The van der Waals surface area contributed by atoms with E-state index in [0.717, 1.165) is 20.0 Å². The van der Waals surface area contributed by atoms with Gasteiger partial charge < -0.3 is 4.74 Å². The third-order valence-corrected chi connectivity index (χ3v) is 4.23. The summed E-state index contributed by atoms with van der Waals surface area (Å²) in [6.45, 7) is 0. The molecule has 1 aliphatic rings. The summed E-state index contributed by atoms with van der Waals surface area (Å²) in [5, 5.41) is 8.53. The Morgan fingerprint density at radius 2 is 2.13 bits per heavy atom. The average molecular weight is 231 g/mol. The number of methoxy groups -OCH3 is 1. The molecular formula is C9H13NO4S. The molecule has 0 amide bonds. The highest BCUT2D eigenvalue weighted by Crippen LogP contribution is 2.49. The molecule has 1 fully saturated rings. The first-order valence-electron chi connectivity index (χ1n) is 4.57. The number of hydrogen-bond donors (Lipinski definition) is 0. The number of nitrogens with zero attached hydrogens (tertiary/aromatic N) is 1. The number of nitriles is 1. The van der Waals surface area contributed by atoms with Crippen LogP contribution in [0.25, 0.3) is 0 Å². The second-order valence-electron chi connectivity index (χ2n) is 3.94. The maximum Gasteiger partial charge on any atom is 0.320 e. The van der Waals surface area contributed by atoms with Crippen LogP contribution in [0.3, 0.4) is 0 Å². The Balaban J connectivity index is 2.58. The van der Waals surface area contributed by atoms with Gasteiger partial charge in [-0.15, -0.1) is 0 Å². The first-order chi connectivity index (χ1) is 6.93. The summed E-state index contributed by atoms with van der Waals surface area (Å²) in [6.07, 6.45) is 1.75. The molecule has 1 saturated carbocycles. The van der Waals surface area contributed by atoms with Crippen molar-refractivity contribution in [3.63, 3.8) is 0 Å². The number of hydrogen-bond acceptors (Lipinski definition) is 5. The van der Waals surface area contributed by atoms with E-state index in [1.54, 1.807) is 0 Å². The van der Waals surface area contributed by atoms with Crippen molar-refractivity contribution in [2.45, 2.75) is 19.3 Å². The van der Waals surface area contributed by atoms with Gasteiger partial charge in [0.2, 0.25) is 0 Å². The average Bonchev–Trinajstić information content (AvgIpc) is 2.83. The predicted octanol–water partition coefficient (Wildman–Crippen LogP) is 0.268. The highest BCUT2D eigenvalue weighted by Gasteiger charge is 2.46. The van der Waals surface area contributed by atoms with Gasteiger partial charge in [0, 0.05) is 6.42 Å². The van der Waals surface area contributed by atoms with Gasteiger partial charge in [0.15, 0.2) is 9.84 Å². The van der Waals surface area contributed by atoms with Gasteiger partial charge in [0.25, 0.3) is 0 Å². The molecule has 0 aromatic heterocycles. The highest BCUT2D eigenvalue weighted by atomic mass is 32.2. The number of ether oxygens (including phenoxy) is 1. The summed E-state index contributed by atoms with van der Waals surface area (Å²) in [7, 11) is -2.28. The lowest BCUT2D eigenvalue weighted by Gasteiger charge is -2.10. The summed E-state index contributed by atoms with van der Waals surface area (Å²) in [6, 6.07) is 1.98. The van der Waals surface area contributed by atoms with Crippen LogP contribution in [0.5, 0.6) is 0 Å². The van der Waals surface area contributed by atoms with Gasteiger partial charge >= 0.3 is 5.97 Å². The van der Waals surface area contributed by atoms with E-state index in [1.807, 2.05) is 6.07 Å². The second-order valence-corrected chi connectivity index (χ2v) is 6.01. The van der Waals surface area contributed by atoms with Crippen LogP contribution in [0.2, 0.25) is 0 Å². The standard InChI is InChI=1S/C9H13NO4S/c1-14-8(11)6-15(12,13)7-9(2-3-9)4-5-10/h2-4,6-7H2,1H3. The van der Waals surface area contributed by atoms with Gasteiger partial charge in [-0.05, 0) is 18.3 Å². The molecule has 5 nitrogen and oxygen atoms in total. The normalized spacial score (nSPS) is 17.9. The van der Waals surface area contributed by atoms with Gasteiger partial charge in [0.05, 0.1) is 18.9 Å². The van der Waals surface area contributed by atoms with Crippen molar-refractivity contribution in [3.8, 4) is 6.07 Å². The third-order valence-electron chi connectivity index (χ3n) is 2.50. The Morgan fingerprint density at radius 3 is 2.53 bits per heavy atom. The fourth-order valence-corrected chi connectivity index (χ4v) is 3.38. The first kappa shape index (κ1) is 12.0. The molecule has 0 atom stereocenters. The molecule has 1 rings (SSSR count). The lowest BCUT2D eigenvalue weighted by molar-refractivity contribution is -0.137. The van der Waals surface area contributed by atoms with E-state index in [1.165, 1.54) is 0 Å². The zero-order valence-electron chi connectivity index (χ0n) is 8.52. The van der Waals surface area contributed by atoms with E-state index in [4.69, 9.17) is 5.26 Å². The molecule has 0 aliphatic heterocycles. The summed E-state index contributed by atoms with van der Waals surface area (Å²) < 4.78 is 27.3. The first-order valence-corrected chi connectivity index (χ1v) is 6.39. The fourth-order valence-electron chi connectivity index (χ4n) is 1.47. The van der Waals surface area contributed by atoms with E-state index in [-0.39, 0.29) is 17.6 Å². The molecule has 0 bridgehead atoms. The Bertz CT molecular complexity index is 389. The van der Waals surface area contributed by atoms with E-state index < -0.39 is 21.6 Å². The maximum atomic E-state index is 11.5. The summed E-state index contributed by atoms with van der Waals surface area (Å²) in [5.74, 6) is -1.41. The second kappa shape index (κ2) is 4.19. The molecule has 15 heavy (non-hydrogen) atoms. The van der Waals surface area contributed by atoms with Crippen LogP contribution in [-0.4, -0.2) is 33.0 Å². The largest absolute Gasteiger partial charge is 0.468 e. The summed E-state index contributed by atoms with van der Waals surface area (Å²) in [4.78, 5) is 10.8. The van der Waals surface area contributed by atoms with E-state index in [0.29, 0.717) is 0 Å². The minimum atomic E-state index is -3.44. The summed E-state index contributed by atoms with van der Waals surface area (Å²) in [5.41, 5.74) is -0.387. The Morgan fingerprint density at radius 1 is 1.53 bits per heavy atom. The summed E-state index contributed by atoms with van der Waals surface area (Å²) >= 11 is 0. The third kappa shape index (κ3) is 3.51. The molecule has 6 heteroatoms. The highest BCUT2D eigenvalue weighted by molar-refractivity contribution is 7.92. The Hall–Kier alpha value is -1.09.